The van der Waals surface area contributed by atoms with Gasteiger partial charge in [0.2, 0.25) is 5.91 Å². The van der Waals surface area contributed by atoms with Gasteiger partial charge in [0.15, 0.2) is 0 Å². The van der Waals surface area contributed by atoms with Gasteiger partial charge in [-0.3, -0.25) is 4.79 Å². The van der Waals surface area contributed by atoms with Crippen LogP contribution in [0.5, 0.6) is 0 Å². The van der Waals surface area contributed by atoms with Crippen LogP contribution >= 0.6 is 0 Å². The summed E-state index contributed by atoms with van der Waals surface area (Å²) in [6.07, 6.45) is 0.893. The van der Waals surface area contributed by atoms with Crippen LogP contribution in [-0.4, -0.2) is 30.7 Å². The van der Waals surface area contributed by atoms with Gasteiger partial charge in [-0.05, 0) is 31.0 Å². The predicted octanol–water partition coefficient (Wildman–Crippen LogP) is 1.67. The van der Waals surface area contributed by atoms with Crippen molar-refractivity contribution >= 4 is 11.9 Å². The molecule has 0 unspecified atom stereocenters. The highest BCUT2D eigenvalue weighted by atomic mass is 16.5. The van der Waals surface area contributed by atoms with Crippen LogP contribution in [0.25, 0.3) is 0 Å². The molecule has 0 atom stereocenters. The van der Waals surface area contributed by atoms with E-state index in [9.17, 15) is 9.59 Å². The molecule has 6 heteroatoms. The molecule has 22 heavy (non-hydrogen) atoms. The van der Waals surface area contributed by atoms with E-state index >= 15 is 0 Å². The van der Waals surface area contributed by atoms with Crippen LogP contribution in [-0.2, 0) is 22.4 Å². The molecule has 0 bridgehead atoms. The lowest BCUT2D eigenvalue weighted by atomic mass is 10.1. The number of benzene rings is 1. The first-order valence-electron chi connectivity index (χ1n) is 6.94. The zero-order valence-corrected chi connectivity index (χ0v) is 12.6. The van der Waals surface area contributed by atoms with Crippen molar-refractivity contribution in [3.63, 3.8) is 0 Å². The topological polar surface area (TPSA) is 81.4 Å². The molecule has 0 aliphatic carbocycles. The highest BCUT2D eigenvalue weighted by molar-refractivity contribution is 5.89. The van der Waals surface area contributed by atoms with Gasteiger partial charge in [0.05, 0.1) is 24.8 Å². The Morgan fingerprint density at radius 2 is 2.00 bits per heavy atom. The molecular weight excluding hydrogens is 284 g/mol. The van der Waals surface area contributed by atoms with Crippen molar-refractivity contribution in [1.82, 2.24) is 10.5 Å². The maximum absolute atomic E-state index is 11.7. The molecule has 0 saturated carbocycles. The standard InChI is InChI=1S/C16H18N2O4/c1-11-9-14(18-22-11)10-15(19)17-8-7-12-3-5-13(6-4-12)16(20)21-2/h3-6,9H,7-8,10H2,1-2H3,(H,17,19). The highest BCUT2D eigenvalue weighted by Gasteiger charge is 2.07. The average Bonchev–Trinajstić information content (AvgIpc) is 2.92. The lowest BCUT2D eigenvalue weighted by Gasteiger charge is -2.05. The van der Waals surface area contributed by atoms with Crippen molar-refractivity contribution in [3.8, 4) is 0 Å². The fourth-order valence-corrected chi connectivity index (χ4v) is 2.00. The van der Waals surface area contributed by atoms with Gasteiger partial charge in [-0.15, -0.1) is 0 Å². The minimum Gasteiger partial charge on any atom is -0.465 e. The number of aryl methyl sites for hydroxylation is 1. The molecule has 0 aliphatic rings. The molecule has 0 saturated heterocycles. The quantitative estimate of drug-likeness (QED) is 0.821. The van der Waals surface area contributed by atoms with Crippen LogP contribution < -0.4 is 5.32 Å². The molecule has 1 N–H and O–H groups in total. The van der Waals surface area contributed by atoms with Crippen LogP contribution in [0.3, 0.4) is 0 Å². The Hall–Kier alpha value is -2.63. The summed E-state index contributed by atoms with van der Waals surface area (Å²) in [6, 6.07) is 8.85. The average molecular weight is 302 g/mol. The molecule has 0 fully saturated rings. The number of hydrogen-bond donors (Lipinski definition) is 1. The van der Waals surface area contributed by atoms with Gasteiger partial charge in [0.25, 0.3) is 0 Å². The van der Waals surface area contributed by atoms with E-state index in [-0.39, 0.29) is 18.3 Å². The number of aromatic nitrogens is 1. The number of rotatable bonds is 6. The summed E-state index contributed by atoms with van der Waals surface area (Å²) in [7, 11) is 1.35. The largest absolute Gasteiger partial charge is 0.465 e. The summed E-state index contributed by atoms with van der Waals surface area (Å²) in [4.78, 5) is 23.1. The Kier molecular flexibility index (Phi) is 5.30. The summed E-state index contributed by atoms with van der Waals surface area (Å²) >= 11 is 0. The molecule has 2 rings (SSSR count). The summed E-state index contributed by atoms with van der Waals surface area (Å²) in [5.41, 5.74) is 2.17. The van der Waals surface area contributed by atoms with Crippen molar-refractivity contribution < 1.29 is 18.8 Å². The number of hydrogen-bond acceptors (Lipinski definition) is 5. The van der Waals surface area contributed by atoms with Crippen LogP contribution in [0.4, 0.5) is 0 Å². The van der Waals surface area contributed by atoms with Gasteiger partial charge in [-0.2, -0.15) is 0 Å². The Morgan fingerprint density at radius 1 is 1.27 bits per heavy atom. The Labute approximate surface area is 128 Å². The van der Waals surface area contributed by atoms with Crippen molar-refractivity contribution in [2.45, 2.75) is 19.8 Å². The predicted molar refractivity (Wildman–Crippen MR) is 79.4 cm³/mol. The highest BCUT2D eigenvalue weighted by Crippen LogP contribution is 2.06. The second-order valence-electron chi connectivity index (χ2n) is 4.89. The molecule has 0 spiro atoms. The minimum atomic E-state index is -0.359. The Balaban J connectivity index is 1.76. The number of amides is 1. The molecule has 1 aromatic heterocycles. The van der Waals surface area contributed by atoms with Gasteiger partial charge in [0.1, 0.15) is 5.76 Å². The van der Waals surface area contributed by atoms with Gasteiger partial charge >= 0.3 is 5.97 Å². The second kappa shape index (κ2) is 7.40. The van der Waals surface area contributed by atoms with Crippen LogP contribution in [0.15, 0.2) is 34.9 Å². The van der Waals surface area contributed by atoms with Gasteiger partial charge in [-0.25, -0.2) is 4.79 Å². The summed E-state index contributed by atoms with van der Waals surface area (Å²) < 4.78 is 9.55. The van der Waals surface area contributed by atoms with Gasteiger partial charge in [-0.1, -0.05) is 17.3 Å². The minimum absolute atomic E-state index is 0.0977. The monoisotopic (exact) mass is 302 g/mol. The van der Waals surface area contributed by atoms with E-state index < -0.39 is 0 Å². The van der Waals surface area contributed by atoms with Crippen molar-refractivity contribution in [1.29, 1.82) is 0 Å². The Bertz CT molecular complexity index is 646. The summed E-state index contributed by atoms with van der Waals surface area (Å²) in [5, 5.41) is 6.60. The first-order chi connectivity index (χ1) is 10.6. The smallest absolute Gasteiger partial charge is 0.337 e. The third kappa shape index (κ3) is 4.44. The molecule has 0 aliphatic heterocycles. The van der Waals surface area contributed by atoms with E-state index in [1.165, 1.54) is 7.11 Å². The maximum atomic E-state index is 11.7. The fraction of sp³-hybridized carbons (Fsp3) is 0.312. The normalized spacial score (nSPS) is 10.3. The number of nitrogens with one attached hydrogen (secondary N) is 1. The summed E-state index contributed by atoms with van der Waals surface area (Å²) in [6.45, 7) is 2.31. The van der Waals surface area contributed by atoms with E-state index in [4.69, 9.17) is 4.52 Å². The van der Waals surface area contributed by atoms with Crippen molar-refractivity contribution in [2.24, 2.45) is 0 Å². The van der Waals surface area contributed by atoms with Crippen LogP contribution in [0, 0.1) is 6.92 Å². The Morgan fingerprint density at radius 3 is 2.59 bits per heavy atom. The SMILES string of the molecule is COC(=O)c1ccc(CCNC(=O)Cc2cc(C)on2)cc1. The van der Waals surface area contributed by atoms with Gasteiger partial charge < -0.3 is 14.6 Å². The van der Waals surface area contributed by atoms with E-state index in [0.717, 1.165) is 5.56 Å². The fourth-order valence-electron chi connectivity index (χ4n) is 2.00. The maximum Gasteiger partial charge on any atom is 0.337 e. The lowest BCUT2D eigenvalue weighted by Crippen LogP contribution is -2.27. The second-order valence-corrected chi connectivity index (χ2v) is 4.89. The number of nitrogens with zero attached hydrogens (tertiary/aromatic N) is 1. The molecule has 6 nitrogen and oxygen atoms in total. The first-order valence-corrected chi connectivity index (χ1v) is 6.94. The third-order valence-corrected chi connectivity index (χ3v) is 3.13. The summed E-state index contributed by atoms with van der Waals surface area (Å²) in [5.74, 6) is 0.232. The molecule has 2 aromatic rings. The first kappa shape index (κ1) is 15.8. The number of esters is 1. The number of methoxy groups -OCH3 is 1. The van der Waals surface area contributed by atoms with Crippen molar-refractivity contribution in [3.05, 3.63) is 52.9 Å². The van der Waals surface area contributed by atoms with E-state index in [0.29, 0.717) is 30.0 Å². The van der Waals surface area contributed by atoms with Crippen LogP contribution in [0.1, 0.15) is 27.4 Å². The molecule has 1 heterocycles. The molecule has 0 radical (unpaired) electrons. The lowest BCUT2D eigenvalue weighted by molar-refractivity contribution is -0.120. The van der Waals surface area contributed by atoms with E-state index in [1.807, 2.05) is 12.1 Å². The number of ether oxygens (including phenoxy) is 1. The van der Waals surface area contributed by atoms with Crippen molar-refractivity contribution in [2.75, 3.05) is 13.7 Å². The van der Waals surface area contributed by atoms with E-state index in [2.05, 4.69) is 15.2 Å². The molecule has 116 valence electrons. The zero-order valence-electron chi connectivity index (χ0n) is 12.6. The van der Waals surface area contributed by atoms with Gasteiger partial charge in [0, 0.05) is 12.6 Å². The zero-order chi connectivity index (χ0) is 15.9. The third-order valence-electron chi connectivity index (χ3n) is 3.13. The molecule has 1 aromatic carbocycles. The van der Waals surface area contributed by atoms with E-state index in [1.54, 1.807) is 25.1 Å². The number of carbonyl (C=O) groups excluding carboxylic acids is 2. The molecule has 1 amide bonds. The molecular formula is C16H18N2O4. The van der Waals surface area contributed by atoms with Crippen LogP contribution in [0.2, 0.25) is 0 Å². The number of carbonyl (C=O) groups is 2.